The number of anilines is 1. The van der Waals surface area contributed by atoms with Gasteiger partial charge < -0.3 is 9.30 Å². The number of nitrogens with one attached hydrogen (secondary N) is 1. The Morgan fingerprint density at radius 2 is 1.89 bits per heavy atom. The van der Waals surface area contributed by atoms with E-state index in [1.165, 1.54) is 16.9 Å². The van der Waals surface area contributed by atoms with Gasteiger partial charge in [-0.1, -0.05) is 15.9 Å². The number of ether oxygens (including phenoxy) is 1. The smallest absolute Gasteiger partial charge is 0.341 e. The Kier molecular flexibility index (Phi) is 7.15. The van der Waals surface area contributed by atoms with E-state index in [2.05, 4.69) is 21.2 Å². The van der Waals surface area contributed by atoms with Crippen LogP contribution in [-0.2, 0) is 27.2 Å². The zero-order valence-corrected chi connectivity index (χ0v) is 24.7. The predicted molar refractivity (Wildman–Crippen MR) is 156 cm³/mol. The number of hydrogen-bond acceptors (Lipinski definition) is 6. The lowest BCUT2D eigenvalue weighted by molar-refractivity contribution is -0.122. The van der Waals surface area contributed by atoms with Crippen LogP contribution in [0.1, 0.15) is 56.2 Å². The first kappa shape index (κ1) is 26.5. The first-order valence-corrected chi connectivity index (χ1v) is 14.2. The highest BCUT2D eigenvalue weighted by Gasteiger charge is 2.36. The van der Waals surface area contributed by atoms with Crippen molar-refractivity contribution in [3.63, 3.8) is 0 Å². The van der Waals surface area contributed by atoms with Crippen molar-refractivity contribution in [2.75, 3.05) is 12.0 Å². The zero-order valence-electron chi connectivity index (χ0n) is 21.4. The van der Waals surface area contributed by atoms with Gasteiger partial charge >= 0.3 is 5.97 Å². The molecule has 3 aromatic rings. The number of thiophene rings is 1. The van der Waals surface area contributed by atoms with E-state index >= 15 is 0 Å². The fourth-order valence-electron chi connectivity index (χ4n) is 5.17. The molecule has 1 aromatic carbocycles. The molecule has 196 valence electrons. The van der Waals surface area contributed by atoms with Gasteiger partial charge in [-0.25, -0.2) is 4.79 Å². The van der Waals surface area contributed by atoms with Crippen molar-refractivity contribution in [1.29, 1.82) is 0 Å². The maximum absolute atomic E-state index is 13.6. The molecular formula is C28H26BrN3O4S2. The van der Waals surface area contributed by atoms with Gasteiger partial charge in [0.2, 0.25) is 0 Å². The number of aromatic nitrogens is 1. The monoisotopic (exact) mass is 611 g/mol. The summed E-state index contributed by atoms with van der Waals surface area (Å²) in [4.78, 5) is 42.0. The molecule has 3 heterocycles. The molecule has 0 atom stereocenters. The molecule has 1 fully saturated rings. The number of carbonyl (C=O) groups is 3. The molecule has 5 rings (SSSR count). The predicted octanol–water partition coefficient (Wildman–Crippen LogP) is 5.72. The Hall–Kier alpha value is -3.08. The Morgan fingerprint density at radius 1 is 1.16 bits per heavy atom. The lowest BCUT2D eigenvalue weighted by Gasteiger charge is -2.30. The highest BCUT2D eigenvalue weighted by molar-refractivity contribution is 9.10. The van der Waals surface area contributed by atoms with Crippen LogP contribution in [0.4, 0.5) is 5.69 Å². The minimum Gasteiger partial charge on any atom is -0.465 e. The zero-order chi connectivity index (χ0) is 27.3. The summed E-state index contributed by atoms with van der Waals surface area (Å²) >= 11 is 10.4. The average Bonchev–Trinajstić information content (AvgIpc) is 3.38. The summed E-state index contributed by atoms with van der Waals surface area (Å²) in [5, 5.41) is 3.52. The molecule has 1 saturated heterocycles. The number of thiocarbonyl (C=S) groups is 1. The van der Waals surface area contributed by atoms with Gasteiger partial charge in [-0.3, -0.25) is 19.8 Å². The minimum absolute atomic E-state index is 0.0140. The fourth-order valence-corrected chi connectivity index (χ4v) is 7.41. The van der Waals surface area contributed by atoms with Crippen molar-refractivity contribution in [1.82, 2.24) is 9.88 Å². The number of nitrogens with zero attached hydrogens (tertiary/aromatic N) is 2. The molecule has 2 amide bonds. The molecule has 2 aromatic heterocycles. The van der Waals surface area contributed by atoms with Crippen molar-refractivity contribution >= 4 is 74.1 Å². The van der Waals surface area contributed by atoms with E-state index in [0.717, 1.165) is 57.7 Å². The SMILES string of the molecule is COC(=O)c1c(-n2c(C)cc(/C=C3\C(=O)NC(=S)N(c4ccc(Br)cc4C)C3=O)c2C)sc2c1CCCC2. The number of hydrogen-bond donors (Lipinski definition) is 1. The van der Waals surface area contributed by atoms with Crippen LogP contribution in [0.2, 0.25) is 0 Å². The van der Waals surface area contributed by atoms with Gasteiger partial charge in [-0.05, 0) is 106 Å². The van der Waals surface area contributed by atoms with E-state index < -0.39 is 11.8 Å². The fraction of sp³-hybridized carbons (Fsp3) is 0.286. The molecule has 0 unspecified atom stereocenters. The molecule has 38 heavy (non-hydrogen) atoms. The number of methoxy groups -OCH3 is 1. The van der Waals surface area contributed by atoms with Crippen LogP contribution >= 0.6 is 39.5 Å². The summed E-state index contributed by atoms with van der Waals surface area (Å²) in [6.45, 7) is 5.75. The molecule has 1 aliphatic heterocycles. The second-order valence-corrected chi connectivity index (χ2v) is 11.8. The van der Waals surface area contributed by atoms with Crippen molar-refractivity contribution in [3.8, 4) is 5.00 Å². The highest BCUT2D eigenvalue weighted by Crippen LogP contribution is 2.39. The molecule has 0 spiro atoms. The van der Waals surface area contributed by atoms with Crippen LogP contribution in [0.15, 0.2) is 34.3 Å². The first-order chi connectivity index (χ1) is 18.1. The van der Waals surface area contributed by atoms with Crippen molar-refractivity contribution in [3.05, 3.63) is 72.8 Å². The number of halogens is 1. The number of amides is 2. The molecule has 7 nitrogen and oxygen atoms in total. The average molecular weight is 613 g/mol. The second-order valence-electron chi connectivity index (χ2n) is 9.43. The maximum Gasteiger partial charge on any atom is 0.341 e. The van der Waals surface area contributed by atoms with E-state index in [9.17, 15) is 14.4 Å². The van der Waals surface area contributed by atoms with Crippen LogP contribution < -0.4 is 10.2 Å². The van der Waals surface area contributed by atoms with Crippen molar-refractivity contribution in [2.24, 2.45) is 0 Å². The van der Waals surface area contributed by atoms with E-state index in [4.69, 9.17) is 17.0 Å². The van der Waals surface area contributed by atoms with Crippen LogP contribution in [0.25, 0.3) is 11.1 Å². The van der Waals surface area contributed by atoms with Gasteiger partial charge in [0.25, 0.3) is 11.8 Å². The summed E-state index contributed by atoms with van der Waals surface area (Å²) in [7, 11) is 1.40. The Morgan fingerprint density at radius 3 is 2.61 bits per heavy atom. The van der Waals surface area contributed by atoms with Gasteiger partial charge in [0.1, 0.15) is 10.6 Å². The van der Waals surface area contributed by atoms with Crippen molar-refractivity contribution < 1.29 is 19.1 Å². The van der Waals surface area contributed by atoms with Crippen LogP contribution in [-0.4, -0.2) is 34.6 Å². The first-order valence-electron chi connectivity index (χ1n) is 12.2. The third kappa shape index (κ3) is 4.44. The molecule has 1 N–H and O–H groups in total. The lowest BCUT2D eigenvalue weighted by atomic mass is 9.95. The van der Waals surface area contributed by atoms with Gasteiger partial charge in [-0.2, -0.15) is 0 Å². The van der Waals surface area contributed by atoms with Gasteiger partial charge in [0.15, 0.2) is 5.11 Å². The Labute approximate surface area is 238 Å². The standard InChI is InChI=1S/C28H26BrN3O4S2/c1-14-11-18(29)9-10-21(14)32-25(34)20(24(33)30-28(32)37)13-17-12-15(2)31(16(17)3)26-23(27(35)36-4)19-7-5-6-8-22(19)38-26/h9-13H,5-8H2,1-4H3,(H,30,33,37)/b20-13+. The molecule has 0 bridgehead atoms. The third-order valence-corrected chi connectivity index (χ3v) is 9.07. The number of aryl methyl sites for hydroxylation is 3. The quantitative estimate of drug-likeness (QED) is 0.176. The molecular weight excluding hydrogens is 586 g/mol. The summed E-state index contributed by atoms with van der Waals surface area (Å²) < 4.78 is 8.06. The van der Waals surface area contributed by atoms with E-state index in [0.29, 0.717) is 16.8 Å². The van der Waals surface area contributed by atoms with E-state index in [1.807, 2.05) is 43.5 Å². The maximum atomic E-state index is 13.6. The number of carbonyl (C=O) groups excluding carboxylic acids is 3. The number of esters is 1. The van der Waals surface area contributed by atoms with Crippen LogP contribution in [0.3, 0.4) is 0 Å². The number of rotatable bonds is 4. The van der Waals surface area contributed by atoms with Crippen LogP contribution in [0.5, 0.6) is 0 Å². The highest BCUT2D eigenvalue weighted by atomic mass is 79.9. The van der Waals surface area contributed by atoms with Crippen LogP contribution in [0, 0.1) is 20.8 Å². The van der Waals surface area contributed by atoms with Gasteiger partial charge in [0.05, 0.1) is 18.4 Å². The largest absolute Gasteiger partial charge is 0.465 e. The topological polar surface area (TPSA) is 80.6 Å². The molecule has 2 aliphatic rings. The lowest BCUT2D eigenvalue weighted by Crippen LogP contribution is -2.54. The van der Waals surface area contributed by atoms with Gasteiger partial charge in [0, 0.05) is 20.7 Å². The van der Waals surface area contributed by atoms with Gasteiger partial charge in [-0.15, -0.1) is 11.3 Å². The molecule has 0 saturated carbocycles. The minimum atomic E-state index is -0.544. The summed E-state index contributed by atoms with van der Waals surface area (Å²) in [5.41, 5.74) is 5.53. The summed E-state index contributed by atoms with van der Waals surface area (Å²) in [6, 6.07) is 7.42. The van der Waals surface area contributed by atoms with Crippen molar-refractivity contribution in [2.45, 2.75) is 46.5 Å². The summed E-state index contributed by atoms with van der Waals surface area (Å²) in [5.74, 6) is -1.38. The van der Waals surface area contributed by atoms with E-state index in [-0.39, 0.29) is 16.7 Å². The number of fused-ring (bicyclic) bond motifs is 1. The summed E-state index contributed by atoms with van der Waals surface area (Å²) in [6.07, 6.45) is 5.54. The third-order valence-electron chi connectivity index (χ3n) is 7.02. The molecule has 0 radical (unpaired) electrons. The second kappa shape index (κ2) is 10.2. The molecule has 10 heteroatoms. The Balaban J connectivity index is 1.60. The number of benzene rings is 1. The molecule has 1 aliphatic carbocycles. The van der Waals surface area contributed by atoms with E-state index in [1.54, 1.807) is 23.5 Å². The normalized spacial score (nSPS) is 16.6. The Bertz CT molecular complexity index is 1570.